The summed E-state index contributed by atoms with van der Waals surface area (Å²) in [5.41, 5.74) is 0. The van der Waals surface area contributed by atoms with Crippen LogP contribution in [0.4, 0.5) is 4.79 Å². The fourth-order valence-corrected chi connectivity index (χ4v) is 0. The second kappa shape index (κ2) is 24.0. The van der Waals surface area contributed by atoms with Crippen LogP contribution in [0.25, 0.3) is 0 Å². The largest absolute Gasteiger partial charge is 1.00 e. The van der Waals surface area contributed by atoms with Gasteiger partial charge in [0.05, 0.1) is 0 Å². The molecule has 0 heterocycles. The molecule has 0 amide bonds. The standard InChI is InChI=1S/CH2O3.CH4O.2Na.2H/c2-1(3)4;1-2;;;;/h(H2,2,3,4);2H,1H3;;;;/q;;2*+1;2*-1. The maximum absolute atomic E-state index is 8.56. The molecule has 4 nitrogen and oxygen atoms in total. The summed E-state index contributed by atoms with van der Waals surface area (Å²) in [4.78, 5) is 8.56. The zero-order valence-electron chi connectivity index (χ0n) is 7.25. The van der Waals surface area contributed by atoms with E-state index in [4.69, 9.17) is 20.1 Å². The fourth-order valence-electron chi connectivity index (χ4n) is 0. The van der Waals surface area contributed by atoms with Crippen molar-refractivity contribution in [1.82, 2.24) is 0 Å². The van der Waals surface area contributed by atoms with Crippen molar-refractivity contribution in [2.75, 3.05) is 7.11 Å². The second-order valence-corrected chi connectivity index (χ2v) is 0.283. The van der Waals surface area contributed by atoms with Gasteiger partial charge in [-0.2, -0.15) is 0 Å². The number of rotatable bonds is 0. The van der Waals surface area contributed by atoms with Crippen molar-refractivity contribution in [2.45, 2.75) is 0 Å². The third-order valence-corrected chi connectivity index (χ3v) is 0. The van der Waals surface area contributed by atoms with Crippen molar-refractivity contribution in [3.63, 3.8) is 0 Å². The zero-order chi connectivity index (χ0) is 5.58. The van der Waals surface area contributed by atoms with E-state index in [1.807, 2.05) is 0 Å². The molecule has 0 atom stereocenters. The Balaban J connectivity index is -0.00000000625. The molecule has 0 aliphatic heterocycles. The summed E-state index contributed by atoms with van der Waals surface area (Å²) in [6.45, 7) is 0. The summed E-state index contributed by atoms with van der Waals surface area (Å²) >= 11 is 0. The Bertz CT molecular complexity index is 42.2. The number of hydrogen-bond donors (Lipinski definition) is 3. The summed E-state index contributed by atoms with van der Waals surface area (Å²) in [6.07, 6.45) is -1.83. The SMILES string of the molecule is CO.O=C(O)O.[H-].[H-].[Na+].[Na+]. The first-order valence-corrected chi connectivity index (χ1v) is 1.10. The predicted octanol–water partition coefficient (Wildman–Crippen LogP) is -5.94. The average Bonchev–Trinajstić information content (AvgIpc) is 1.41. The van der Waals surface area contributed by atoms with Gasteiger partial charge in [-0.25, -0.2) is 4.79 Å². The van der Waals surface area contributed by atoms with Gasteiger partial charge in [0, 0.05) is 7.11 Å². The molecule has 3 N–H and O–H groups in total. The number of aliphatic hydroxyl groups excluding tert-OH is 1. The molecule has 42 valence electrons. The van der Waals surface area contributed by atoms with E-state index in [1.54, 1.807) is 0 Å². The average molecular weight is 142 g/mol. The van der Waals surface area contributed by atoms with E-state index in [0.29, 0.717) is 0 Å². The topological polar surface area (TPSA) is 77.8 Å². The van der Waals surface area contributed by atoms with Crippen LogP contribution in [-0.4, -0.2) is 28.6 Å². The Morgan fingerprint density at radius 1 is 1.25 bits per heavy atom. The van der Waals surface area contributed by atoms with Crippen molar-refractivity contribution in [3.05, 3.63) is 0 Å². The van der Waals surface area contributed by atoms with Gasteiger partial charge in [-0.3, -0.25) is 0 Å². The van der Waals surface area contributed by atoms with Gasteiger partial charge in [0.15, 0.2) is 0 Å². The molecule has 0 aliphatic rings. The van der Waals surface area contributed by atoms with Crippen molar-refractivity contribution < 1.29 is 82.1 Å². The maximum atomic E-state index is 8.56. The van der Waals surface area contributed by atoms with Crippen LogP contribution in [0, 0.1) is 0 Å². The quantitative estimate of drug-likeness (QED) is 0.294. The van der Waals surface area contributed by atoms with Crippen LogP contribution in [-0.2, 0) is 0 Å². The number of carbonyl (C=O) groups is 1. The minimum atomic E-state index is -1.83. The van der Waals surface area contributed by atoms with Crippen molar-refractivity contribution >= 4 is 6.16 Å². The minimum absolute atomic E-state index is 0. The van der Waals surface area contributed by atoms with Gasteiger partial charge in [-0.15, -0.1) is 0 Å². The van der Waals surface area contributed by atoms with Crippen LogP contribution in [0.15, 0.2) is 0 Å². The van der Waals surface area contributed by atoms with Crippen LogP contribution in [0.3, 0.4) is 0 Å². The Morgan fingerprint density at radius 3 is 1.25 bits per heavy atom. The van der Waals surface area contributed by atoms with E-state index < -0.39 is 6.16 Å². The van der Waals surface area contributed by atoms with E-state index in [0.717, 1.165) is 7.11 Å². The minimum Gasteiger partial charge on any atom is -1.00 e. The molecule has 0 rings (SSSR count). The van der Waals surface area contributed by atoms with Crippen LogP contribution >= 0.6 is 0 Å². The van der Waals surface area contributed by atoms with Crippen molar-refractivity contribution in [2.24, 2.45) is 0 Å². The zero-order valence-corrected chi connectivity index (χ0v) is 9.25. The van der Waals surface area contributed by atoms with E-state index in [-0.39, 0.29) is 62.0 Å². The molecule has 0 saturated heterocycles. The summed E-state index contributed by atoms with van der Waals surface area (Å²) in [5, 5.41) is 20.9. The molecule has 0 aliphatic carbocycles. The molecule has 6 heteroatoms. The first kappa shape index (κ1) is 22.9. The van der Waals surface area contributed by atoms with E-state index in [2.05, 4.69) is 0 Å². The molecule has 0 spiro atoms. The third kappa shape index (κ3) is 185. The second-order valence-electron chi connectivity index (χ2n) is 0.283. The molecular weight excluding hydrogens is 134 g/mol. The van der Waals surface area contributed by atoms with Crippen molar-refractivity contribution in [3.8, 4) is 0 Å². The first-order valence-electron chi connectivity index (χ1n) is 1.10. The van der Waals surface area contributed by atoms with E-state index >= 15 is 0 Å². The molecule has 0 aromatic heterocycles. The van der Waals surface area contributed by atoms with Gasteiger partial charge < -0.3 is 18.2 Å². The molecule has 0 saturated carbocycles. The third-order valence-electron chi connectivity index (χ3n) is 0. The molecular formula is C2H8Na2O4. The van der Waals surface area contributed by atoms with Gasteiger partial charge >= 0.3 is 65.3 Å². The molecule has 0 aromatic rings. The smallest absolute Gasteiger partial charge is 1.00 e. The fraction of sp³-hybridized carbons (Fsp3) is 0.500. The number of hydrogen-bond acceptors (Lipinski definition) is 2. The molecule has 0 radical (unpaired) electrons. The molecule has 8 heavy (non-hydrogen) atoms. The molecule has 0 aromatic carbocycles. The summed E-state index contributed by atoms with van der Waals surface area (Å²) < 4.78 is 0. The van der Waals surface area contributed by atoms with Crippen LogP contribution in [0.2, 0.25) is 0 Å². The monoisotopic (exact) mass is 142 g/mol. The Hall–Kier alpha value is 1.23. The first-order chi connectivity index (χ1) is 2.73. The Kier molecular flexibility index (Phi) is 68.7. The molecule has 0 bridgehead atoms. The summed E-state index contributed by atoms with van der Waals surface area (Å²) in [7, 11) is 1.00. The van der Waals surface area contributed by atoms with Crippen LogP contribution in [0.1, 0.15) is 2.85 Å². The van der Waals surface area contributed by atoms with Gasteiger partial charge in [-0.05, 0) is 0 Å². The van der Waals surface area contributed by atoms with E-state index in [1.165, 1.54) is 0 Å². The normalized spacial score (nSPS) is 3.75. The van der Waals surface area contributed by atoms with Crippen LogP contribution in [0.5, 0.6) is 0 Å². The number of carboxylic acid groups (broad SMARTS) is 2. The van der Waals surface area contributed by atoms with Gasteiger partial charge in [0.1, 0.15) is 0 Å². The molecule has 0 fully saturated rings. The summed E-state index contributed by atoms with van der Waals surface area (Å²) in [6, 6.07) is 0. The molecule has 0 unspecified atom stereocenters. The summed E-state index contributed by atoms with van der Waals surface area (Å²) in [5.74, 6) is 0. The maximum Gasteiger partial charge on any atom is 1.00 e. The van der Waals surface area contributed by atoms with Gasteiger partial charge in [0.2, 0.25) is 0 Å². The van der Waals surface area contributed by atoms with Gasteiger partial charge in [0.25, 0.3) is 0 Å². The van der Waals surface area contributed by atoms with Crippen molar-refractivity contribution in [1.29, 1.82) is 0 Å². The van der Waals surface area contributed by atoms with Gasteiger partial charge in [-0.1, -0.05) is 0 Å². The predicted molar refractivity (Wildman–Crippen MR) is 21.0 cm³/mol. The van der Waals surface area contributed by atoms with Crippen LogP contribution < -0.4 is 59.1 Å². The Labute approximate surface area is 94.5 Å². The number of aliphatic hydroxyl groups is 1. The Morgan fingerprint density at radius 2 is 1.25 bits per heavy atom. The van der Waals surface area contributed by atoms with E-state index in [9.17, 15) is 0 Å².